The molecule has 0 fully saturated rings. The van der Waals surface area contributed by atoms with Crippen molar-refractivity contribution in [1.82, 2.24) is 4.98 Å². The highest BCUT2D eigenvalue weighted by Gasteiger charge is 2.08. The normalized spacial score (nSPS) is 12.6. The second-order valence-electron chi connectivity index (χ2n) is 4.43. The maximum Gasteiger partial charge on any atom is 0.0743 e. The number of para-hydroxylation sites is 1. The van der Waals surface area contributed by atoms with Gasteiger partial charge in [0.1, 0.15) is 0 Å². The average Bonchev–Trinajstić information content (AvgIpc) is 2.38. The molecule has 2 aromatic rings. The number of benzene rings is 1. The number of anilines is 2. The number of hydrogen-bond donors (Lipinski definition) is 3. The number of rotatable bonds is 5. The summed E-state index contributed by atoms with van der Waals surface area (Å²) in [6.45, 7) is 2.56. The van der Waals surface area contributed by atoms with Gasteiger partial charge in [0.05, 0.1) is 29.2 Å². The van der Waals surface area contributed by atoms with E-state index in [4.69, 9.17) is 5.73 Å². The van der Waals surface area contributed by atoms with E-state index in [-0.39, 0.29) is 6.10 Å². The maximum absolute atomic E-state index is 9.75. The van der Waals surface area contributed by atoms with Crippen LogP contribution in [-0.4, -0.2) is 22.7 Å². The Hall–Kier alpha value is -1.81. The van der Waals surface area contributed by atoms with E-state index in [1.54, 1.807) is 6.20 Å². The molecule has 0 aliphatic rings. The highest BCUT2D eigenvalue weighted by Crippen LogP contribution is 2.27. The van der Waals surface area contributed by atoms with Crippen LogP contribution < -0.4 is 11.1 Å². The van der Waals surface area contributed by atoms with Gasteiger partial charge in [0.2, 0.25) is 0 Å². The van der Waals surface area contributed by atoms with Gasteiger partial charge in [-0.2, -0.15) is 0 Å². The first-order chi connectivity index (χ1) is 8.72. The van der Waals surface area contributed by atoms with Crippen molar-refractivity contribution in [3.8, 4) is 0 Å². The SMILES string of the molecule is CCCC(O)CNc1c(N)cnc2ccccc12. The fourth-order valence-corrected chi connectivity index (χ4v) is 2.01. The number of nitrogens with zero attached hydrogens (tertiary/aromatic N) is 1. The van der Waals surface area contributed by atoms with Crippen LogP contribution in [0.15, 0.2) is 30.5 Å². The lowest BCUT2D eigenvalue weighted by Crippen LogP contribution is -2.19. The van der Waals surface area contributed by atoms with Gasteiger partial charge in [-0.3, -0.25) is 4.98 Å². The molecule has 4 nitrogen and oxygen atoms in total. The Morgan fingerprint density at radius 1 is 1.39 bits per heavy atom. The minimum atomic E-state index is -0.346. The maximum atomic E-state index is 9.75. The summed E-state index contributed by atoms with van der Waals surface area (Å²) in [5.74, 6) is 0. The highest BCUT2D eigenvalue weighted by atomic mass is 16.3. The van der Waals surface area contributed by atoms with Gasteiger partial charge in [0.15, 0.2) is 0 Å². The Labute approximate surface area is 107 Å². The van der Waals surface area contributed by atoms with Crippen LogP contribution in [0.3, 0.4) is 0 Å². The third-order valence-corrected chi connectivity index (χ3v) is 2.94. The summed E-state index contributed by atoms with van der Waals surface area (Å²) in [5.41, 5.74) is 8.31. The van der Waals surface area contributed by atoms with Crippen LogP contribution in [0.4, 0.5) is 11.4 Å². The Bertz CT molecular complexity index is 527. The fraction of sp³-hybridized carbons (Fsp3) is 0.357. The standard InChI is InChI=1S/C14H19N3O/c1-2-5-10(18)8-17-14-11-6-3-4-7-13(11)16-9-12(14)15/h3-4,6-7,9-10,18H,2,5,8,15H2,1H3,(H,16,17). The Balaban J connectivity index is 2.23. The zero-order valence-electron chi connectivity index (χ0n) is 10.6. The first-order valence-electron chi connectivity index (χ1n) is 6.27. The molecule has 4 heteroatoms. The second-order valence-corrected chi connectivity index (χ2v) is 4.43. The van der Waals surface area contributed by atoms with Crippen LogP contribution >= 0.6 is 0 Å². The predicted molar refractivity (Wildman–Crippen MR) is 75.6 cm³/mol. The van der Waals surface area contributed by atoms with Crippen molar-refractivity contribution in [1.29, 1.82) is 0 Å². The first kappa shape index (κ1) is 12.6. The molecular weight excluding hydrogens is 226 g/mol. The smallest absolute Gasteiger partial charge is 0.0743 e. The van der Waals surface area contributed by atoms with Crippen molar-refractivity contribution in [2.75, 3.05) is 17.6 Å². The van der Waals surface area contributed by atoms with Gasteiger partial charge < -0.3 is 16.2 Å². The van der Waals surface area contributed by atoms with Crippen molar-refractivity contribution in [2.24, 2.45) is 0 Å². The first-order valence-corrected chi connectivity index (χ1v) is 6.27. The van der Waals surface area contributed by atoms with Gasteiger partial charge in [-0.1, -0.05) is 31.5 Å². The van der Waals surface area contributed by atoms with E-state index in [0.717, 1.165) is 29.4 Å². The minimum Gasteiger partial charge on any atom is -0.396 e. The van der Waals surface area contributed by atoms with Crippen molar-refractivity contribution in [3.05, 3.63) is 30.5 Å². The summed E-state index contributed by atoms with van der Waals surface area (Å²) in [5, 5.41) is 14.0. The lowest BCUT2D eigenvalue weighted by atomic mass is 10.1. The zero-order chi connectivity index (χ0) is 13.0. The number of pyridine rings is 1. The lowest BCUT2D eigenvalue weighted by molar-refractivity contribution is 0.176. The predicted octanol–water partition coefficient (Wildman–Crippen LogP) is 2.39. The Morgan fingerprint density at radius 2 is 2.17 bits per heavy atom. The monoisotopic (exact) mass is 245 g/mol. The molecule has 0 spiro atoms. The molecule has 0 radical (unpaired) electrons. The van der Waals surface area contributed by atoms with Crippen LogP contribution in [0, 0.1) is 0 Å². The lowest BCUT2D eigenvalue weighted by Gasteiger charge is -2.15. The number of nitrogens with two attached hydrogens (primary N) is 1. The van der Waals surface area contributed by atoms with Gasteiger partial charge in [-0.15, -0.1) is 0 Å². The topological polar surface area (TPSA) is 71.2 Å². The van der Waals surface area contributed by atoms with Crippen LogP contribution in [0.2, 0.25) is 0 Å². The molecule has 0 saturated carbocycles. The summed E-state index contributed by atoms with van der Waals surface area (Å²) < 4.78 is 0. The minimum absolute atomic E-state index is 0.346. The zero-order valence-corrected chi connectivity index (χ0v) is 10.6. The third-order valence-electron chi connectivity index (χ3n) is 2.94. The molecule has 96 valence electrons. The molecule has 1 aromatic carbocycles. The number of aliphatic hydroxyl groups excluding tert-OH is 1. The van der Waals surface area contributed by atoms with E-state index in [0.29, 0.717) is 12.2 Å². The summed E-state index contributed by atoms with van der Waals surface area (Å²) >= 11 is 0. The number of aliphatic hydroxyl groups is 1. The average molecular weight is 245 g/mol. The molecule has 1 heterocycles. The number of fused-ring (bicyclic) bond motifs is 1. The molecule has 1 aromatic heterocycles. The van der Waals surface area contributed by atoms with Gasteiger partial charge in [0.25, 0.3) is 0 Å². The van der Waals surface area contributed by atoms with Crippen molar-refractivity contribution in [2.45, 2.75) is 25.9 Å². The van der Waals surface area contributed by atoms with E-state index in [1.165, 1.54) is 0 Å². The molecule has 18 heavy (non-hydrogen) atoms. The van der Waals surface area contributed by atoms with Crippen molar-refractivity contribution >= 4 is 22.3 Å². The molecular formula is C14H19N3O. The molecule has 0 saturated heterocycles. The van der Waals surface area contributed by atoms with Gasteiger partial charge >= 0.3 is 0 Å². The van der Waals surface area contributed by atoms with Crippen LogP contribution in [0.25, 0.3) is 10.9 Å². The van der Waals surface area contributed by atoms with Gasteiger partial charge in [-0.25, -0.2) is 0 Å². The van der Waals surface area contributed by atoms with E-state index in [1.807, 2.05) is 24.3 Å². The summed E-state index contributed by atoms with van der Waals surface area (Å²) in [6.07, 6.45) is 3.06. The molecule has 0 bridgehead atoms. The Kier molecular flexibility index (Phi) is 3.99. The van der Waals surface area contributed by atoms with Gasteiger partial charge in [-0.05, 0) is 12.5 Å². The number of aromatic nitrogens is 1. The molecule has 2 rings (SSSR count). The second kappa shape index (κ2) is 5.69. The highest BCUT2D eigenvalue weighted by molar-refractivity contribution is 5.96. The number of nitrogens with one attached hydrogen (secondary N) is 1. The van der Waals surface area contributed by atoms with Crippen LogP contribution in [0.5, 0.6) is 0 Å². The molecule has 1 unspecified atom stereocenters. The summed E-state index contributed by atoms with van der Waals surface area (Å²) in [4.78, 5) is 4.28. The largest absolute Gasteiger partial charge is 0.396 e. The van der Waals surface area contributed by atoms with Crippen LogP contribution in [0.1, 0.15) is 19.8 Å². The molecule has 0 aliphatic carbocycles. The van der Waals surface area contributed by atoms with Crippen molar-refractivity contribution < 1.29 is 5.11 Å². The van der Waals surface area contributed by atoms with E-state index < -0.39 is 0 Å². The number of nitrogen functional groups attached to an aromatic ring is 1. The molecule has 1 atom stereocenters. The molecule has 4 N–H and O–H groups in total. The van der Waals surface area contributed by atoms with E-state index in [2.05, 4.69) is 17.2 Å². The van der Waals surface area contributed by atoms with E-state index in [9.17, 15) is 5.11 Å². The summed E-state index contributed by atoms with van der Waals surface area (Å²) in [6, 6.07) is 7.83. The Morgan fingerprint density at radius 3 is 2.94 bits per heavy atom. The van der Waals surface area contributed by atoms with Crippen LogP contribution in [-0.2, 0) is 0 Å². The van der Waals surface area contributed by atoms with E-state index >= 15 is 0 Å². The molecule has 0 aliphatic heterocycles. The van der Waals surface area contributed by atoms with Gasteiger partial charge in [0, 0.05) is 11.9 Å². The molecule has 0 amide bonds. The fourth-order valence-electron chi connectivity index (χ4n) is 2.01. The number of hydrogen-bond acceptors (Lipinski definition) is 4. The third kappa shape index (κ3) is 2.71. The summed E-state index contributed by atoms with van der Waals surface area (Å²) in [7, 11) is 0. The quantitative estimate of drug-likeness (QED) is 0.756. The van der Waals surface area contributed by atoms with Crippen molar-refractivity contribution in [3.63, 3.8) is 0 Å².